The van der Waals surface area contributed by atoms with Crippen molar-refractivity contribution < 1.29 is 0 Å². The quantitative estimate of drug-likeness (QED) is 0.890. The lowest BCUT2D eigenvalue weighted by atomic mass is 10.2. The van der Waals surface area contributed by atoms with E-state index in [4.69, 9.17) is 5.73 Å². The molecule has 3 rings (SSSR count). The maximum Gasteiger partial charge on any atom is 0.131 e. The lowest BCUT2D eigenvalue weighted by molar-refractivity contribution is 0.648. The van der Waals surface area contributed by atoms with Crippen LogP contribution in [-0.4, -0.2) is 31.2 Å². The molecule has 1 fully saturated rings. The number of para-hydroxylation sites is 1. The number of hydrogen-bond acceptors (Lipinski definition) is 4. The van der Waals surface area contributed by atoms with Crippen LogP contribution in [0.2, 0.25) is 0 Å². The van der Waals surface area contributed by atoms with Crippen molar-refractivity contribution in [3.63, 3.8) is 0 Å². The zero-order chi connectivity index (χ0) is 13.1. The van der Waals surface area contributed by atoms with Crippen molar-refractivity contribution >= 4 is 17.3 Å². The van der Waals surface area contributed by atoms with Crippen molar-refractivity contribution in [2.24, 2.45) is 0 Å². The van der Waals surface area contributed by atoms with Crippen molar-refractivity contribution in [1.29, 1.82) is 0 Å². The van der Waals surface area contributed by atoms with E-state index in [1.807, 2.05) is 18.2 Å². The molecule has 4 nitrogen and oxygen atoms in total. The predicted octanol–water partition coefficient (Wildman–Crippen LogP) is 1.99. The Bertz CT molecular complexity index is 533. The first-order valence-electron chi connectivity index (χ1n) is 6.60. The smallest absolute Gasteiger partial charge is 0.131 e. The van der Waals surface area contributed by atoms with Gasteiger partial charge in [-0.1, -0.05) is 24.3 Å². The van der Waals surface area contributed by atoms with Gasteiger partial charge in [0.25, 0.3) is 0 Å². The van der Waals surface area contributed by atoms with Crippen molar-refractivity contribution in [2.45, 2.75) is 0 Å². The molecule has 2 N–H and O–H groups in total. The molecular formula is C15H18N4. The summed E-state index contributed by atoms with van der Waals surface area (Å²) in [5, 5.41) is 0. The molecule has 4 heteroatoms. The van der Waals surface area contributed by atoms with E-state index >= 15 is 0 Å². The van der Waals surface area contributed by atoms with E-state index in [0.717, 1.165) is 32.0 Å². The van der Waals surface area contributed by atoms with Crippen LogP contribution in [0.15, 0.2) is 48.5 Å². The topological polar surface area (TPSA) is 45.4 Å². The monoisotopic (exact) mass is 254 g/mol. The summed E-state index contributed by atoms with van der Waals surface area (Å²) in [6.07, 6.45) is 0. The van der Waals surface area contributed by atoms with E-state index in [0.29, 0.717) is 5.82 Å². The van der Waals surface area contributed by atoms with Crippen molar-refractivity contribution in [3.05, 3.63) is 48.5 Å². The molecule has 0 unspecified atom stereocenters. The Balaban J connectivity index is 1.67. The largest absolute Gasteiger partial charge is 0.384 e. The normalized spacial score (nSPS) is 15.6. The van der Waals surface area contributed by atoms with Gasteiger partial charge >= 0.3 is 0 Å². The highest BCUT2D eigenvalue weighted by Gasteiger charge is 2.18. The third kappa shape index (κ3) is 2.62. The Morgan fingerprint density at radius 1 is 0.789 bits per heavy atom. The molecule has 1 aromatic heterocycles. The maximum absolute atomic E-state index is 5.74. The summed E-state index contributed by atoms with van der Waals surface area (Å²) in [6.45, 7) is 3.98. The molecule has 0 saturated carbocycles. The van der Waals surface area contributed by atoms with Crippen LogP contribution in [0, 0.1) is 0 Å². The second-order valence-corrected chi connectivity index (χ2v) is 4.73. The van der Waals surface area contributed by atoms with Gasteiger partial charge in [-0.3, -0.25) is 0 Å². The molecule has 0 bridgehead atoms. The minimum absolute atomic E-state index is 0.586. The van der Waals surface area contributed by atoms with Gasteiger partial charge in [0, 0.05) is 31.9 Å². The minimum Gasteiger partial charge on any atom is -0.384 e. The summed E-state index contributed by atoms with van der Waals surface area (Å²) >= 11 is 0. The summed E-state index contributed by atoms with van der Waals surface area (Å²) in [4.78, 5) is 9.07. The van der Waals surface area contributed by atoms with Crippen LogP contribution in [0.4, 0.5) is 17.3 Å². The predicted molar refractivity (Wildman–Crippen MR) is 79.5 cm³/mol. The number of nitrogens with zero attached hydrogens (tertiary/aromatic N) is 3. The zero-order valence-electron chi connectivity index (χ0n) is 10.9. The standard InChI is InChI=1S/C15H18N4/c16-14-7-4-8-15(17-14)19-11-9-18(10-12-19)13-5-2-1-3-6-13/h1-8H,9-12H2,(H2,16,17). The van der Waals surface area contributed by atoms with E-state index in [-0.39, 0.29) is 0 Å². The van der Waals surface area contributed by atoms with Gasteiger partial charge < -0.3 is 15.5 Å². The molecule has 2 aromatic rings. The first-order chi connectivity index (χ1) is 9.33. The fraction of sp³-hybridized carbons (Fsp3) is 0.267. The van der Waals surface area contributed by atoms with Gasteiger partial charge in [-0.25, -0.2) is 4.98 Å². The van der Waals surface area contributed by atoms with Gasteiger partial charge in [-0.15, -0.1) is 0 Å². The molecule has 2 heterocycles. The van der Waals surface area contributed by atoms with E-state index < -0.39 is 0 Å². The van der Waals surface area contributed by atoms with Crippen LogP contribution in [0.5, 0.6) is 0 Å². The van der Waals surface area contributed by atoms with Gasteiger partial charge in [0.05, 0.1) is 0 Å². The van der Waals surface area contributed by atoms with Crippen LogP contribution in [0.3, 0.4) is 0 Å². The summed E-state index contributed by atoms with van der Waals surface area (Å²) < 4.78 is 0. The minimum atomic E-state index is 0.586. The van der Waals surface area contributed by atoms with Gasteiger partial charge in [-0.05, 0) is 24.3 Å². The number of pyridine rings is 1. The second kappa shape index (κ2) is 5.18. The number of piperazine rings is 1. The van der Waals surface area contributed by atoms with Crippen LogP contribution in [-0.2, 0) is 0 Å². The van der Waals surface area contributed by atoms with Crippen molar-refractivity contribution in [3.8, 4) is 0 Å². The molecule has 0 atom stereocenters. The molecule has 1 aliphatic heterocycles. The fourth-order valence-electron chi connectivity index (χ4n) is 2.45. The van der Waals surface area contributed by atoms with Crippen LogP contribution in [0.1, 0.15) is 0 Å². The molecule has 0 spiro atoms. The Labute approximate surface area is 113 Å². The summed E-state index contributed by atoms with van der Waals surface area (Å²) in [6, 6.07) is 16.3. The Morgan fingerprint density at radius 2 is 1.47 bits per heavy atom. The Kier molecular flexibility index (Phi) is 3.23. The molecule has 19 heavy (non-hydrogen) atoms. The van der Waals surface area contributed by atoms with Crippen molar-refractivity contribution in [2.75, 3.05) is 41.7 Å². The first-order valence-corrected chi connectivity index (χ1v) is 6.60. The number of aromatic nitrogens is 1. The summed E-state index contributed by atoms with van der Waals surface area (Å²) in [5.41, 5.74) is 7.03. The van der Waals surface area contributed by atoms with Gasteiger partial charge in [0.15, 0.2) is 0 Å². The average Bonchev–Trinajstić information content (AvgIpc) is 2.48. The second-order valence-electron chi connectivity index (χ2n) is 4.73. The third-order valence-electron chi connectivity index (χ3n) is 3.48. The van der Waals surface area contributed by atoms with Crippen LogP contribution in [0.25, 0.3) is 0 Å². The van der Waals surface area contributed by atoms with Gasteiger partial charge in [0.1, 0.15) is 11.6 Å². The van der Waals surface area contributed by atoms with E-state index in [9.17, 15) is 0 Å². The highest BCUT2D eigenvalue weighted by molar-refractivity contribution is 5.50. The van der Waals surface area contributed by atoms with Crippen LogP contribution < -0.4 is 15.5 Å². The van der Waals surface area contributed by atoms with Gasteiger partial charge in [-0.2, -0.15) is 0 Å². The SMILES string of the molecule is Nc1cccc(N2CCN(c3ccccc3)CC2)n1. The third-order valence-corrected chi connectivity index (χ3v) is 3.48. The van der Waals surface area contributed by atoms with E-state index in [1.165, 1.54) is 5.69 Å². The number of rotatable bonds is 2. The van der Waals surface area contributed by atoms with E-state index in [2.05, 4.69) is 45.1 Å². The van der Waals surface area contributed by atoms with Gasteiger partial charge in [0.2, 0.25) is 0 Å². The molecule has 1 aromatic carbocycles. The molecule has 0 aliphatic carbocycles. The average molecular weight is 254 g/mol. The highest BCUT2D eigenvalue weighted by Crippen LogP contribution is 2.19. The zero-order valence-corrected chi connectivity index (χ0v) is 10.9. The Hall–Kier alpha value is -2.23. The number of hydrogen-bond donors (Lipinski definition) is 1. The molecule has 1 aliphatic rings. The molecule has 98 valence electrons. The maximum atomic E-state index is 5.74. The number of nitrogens with two attached hydrogens (primary N) is 1. The highest BCUT2D eigenvalue weighted by atomic mass is 15.3. The number of anilines is 3. The Morgan fingerprint density at radius 3 is 2.16 bits per heavy atom. The number of benzene rings is 1. The fourth-order valence-corrected chi connectivity index (χ4v) is 2.45. The number of nitrogen functional groups attached to an aromatic ring is 1. The molecule has 0 radical (unpaired) electrons. The van der Waals surface area contributed by atoms with E-state index in [1.54, 1.807) is 0 Å². The lowest BCUT2D eigenvalue weighted by Gasteiger charge is -2.36. The van der Waals surface area contributed by atoms with Crippen molar-refractivity contribution in [1.82, 2.24) is 4.98 Å². The molecule has 1 saturated heterocycles. The lowest BCUT2D eigenvalue weighted by Crippen LogP contribution is -2.46. The summed E-state index contributed by atoms with van der Waals surface area (Å²) in [5.74, 6) is 1.57. The first kappa shape index (κ1) is 11.8. The molecular weight excluding hydrogens is 236 g/mol. The molecule has 0 amide bonds. The summed E-state index contributed by atoms with van der Waals surface area (Å²) in [7, 11) is 0. The van der Waals surface area contributed by atoms with Crippen LogP contribution >= 0.6 is 0 Å².